The van der Waals surface area contributed by atoms with Gasteiger partial charge in [0.05, 0.1) is 25.1 Å². The van der Waals surface area contributed by atoms with Crippen molar-refractivity contribution in [3.05, 3.63) is 83.9 Å². The molecular weight excluding hydrogens is 519 g/mol. The number of ether oxygens (including phenoxy) is 1. The summed E-state index contributed by atoms with van der Waals surface area (Å²) in [4.78, 5) is 27.4. The highest BCUT2D eigenvalue weighted by atomic mass is 32.2. The number of ketones is 1. The Bertz CT molecular complexity index is 1250. The minimum absolute atomic E-state index is 0.0946. The lowest BCUT2D eigenvalue weighted by atomic mass is 9.99. The molecule has 3 aromatic rings. The van der Waals surface area contributed by atoms with E-state index in [9.17, 15) is 14.2 Å². The van der Waals surface area contributed by atoms with Gasteiger partial charge in [0.1, 0.15) is 0 Å². The van der Waals surface area contributed by atoms with E-state index in [0.29, 0.717) is 5.56 Å². The molecule has 0 N–H and O–H groups in total. The molecule has 0 heterocycles. The molecule has 0 amide bonds. The van der Waals surface area contributed by atoms with Crippen molar-refractivity contribution >= 4 is 41.9 Å². The highest BCUT2D eigenvalue weighted by Crippen LogP contribution is 2.58. The van der Waals surface area contributed by atoms with E-state index < -0.39 is 29.7 Å². The minimum Gasteiger partial charge on any atom is -0.465 e. The third-order valence-electron chi connectivity index (χ3n) is 6.12. The fourth-order valence-corrected chi connectivity index (χ4v) is 8.67. The smallest absolute Gasteiger partial charge is 0.346 e. The number of carbonyl (C=O) groups is 2. The second kappa shape index (κ2) is 14.1. The summed E-state index contributed by atoms with van der Waals surface area (Å²) >= 11 is 1.32. The Kier molecular flexibility index (Phi) is 11.2. The van der Waals surface area contributed by atoms with Gasteiger partial charge in [-0.1, -0.05) is 80.6 Å². The maximum atomic E-state index is 14.1. The first-order valence-electron chi connectivity index (χ1n) is 13.0. The number of hydrogen-bond acceptors (Lipinski definition) is 7. The molecule has 3 atom stereocenters. The van der Waals surface area contributed by atoms with E-state index in [1.54, 1.807) is 20.8 Å². The molecule has 0 saturated heterocycles. The number of rotatable bonds is 14. The van der Waals surface area contributed by atoms with Gasteiger partial charge in [0.25, 0.3) is 0 Å². The van der Waals surface area contributed by atoms with E-state index in [1.807, 2.05) is 86.6 Å². The van der Waals surface area contributed by atoms with Gasteiger partial charge >= 0.3 is 13.6 Å². The van der Waals surface area contributed by atoms with Crippen LogP contribution in [0.15, 0.2) is 72.8 Å². The quantitative estimate of drug-likeness (QED) is 0.114. The van der Waals surface area contributed by atoms with Crippen molar-refractivity contribution in [3.8, 4) is 0 Å². The normalized spacial score (nSPS) is 14.3. The molecule has 204 valence electrons. The summed E-state index contributed by atoms with van der Waals surface area (Å²) in [6.45, 7) is 9.35. The Labute approximate surface area is 230 Å². The minimum atomic E-state index is -3.91. The molecule has 0 aliphatic heterocycles. The predicted molar refractivity (Wildman–Crippen MR) is 155 cm³/mol. The van der Waals surface area contributed by atoms with Crippen LogP contribution >= 0.6 is 19.4 Å². The van der Waals surface area contributed by atoms with Gasteiger partial charge < -0.3 is 13.8 Å². The zero-order valence-corrected chi connectivity index (χ0v) is 24.4. The van der Waals surface area contributed by atoms with Gasteiger partial charge in [-0.25, -0.2) is 0 Å². The zero-order valence-electron chi connectivity index (χ0n) is 22.7. The summed E-state index contributed by atoms with van der Waals surface area (Å²) in [6, 6.07) is 23.0. The molecular formula is C30H37O6PS. The van der Waals surface area contributed by atoms with E-state index in [1.165, 1.54) is 11.8 Å². The third kappa shape index (κ3) is 7.15. The predicted octanol–water partition coefficient (Wildman–Crippen LogP) is 7.72. The summed E-state index contributed by atoms with van der Waals surface area (Å²) in [5.74, 6) is -0.893. The number of thioether (sulfide) groups is 1. The van der Waals surface area contributed by atoms with Crippen LogP contribution in [0.25, 0.3) is 10.8 Å². The molecule has 0 aromatic heterocycles. The third-order valence-corrected chi connectivity index (χ3v) is 10.7. The van der Waals surface area contributed by atoms with Crippen molar-refractivity contribution < 1.29 is 27.9 Å². The molecule has 8 heteroatoms. The standard InChI is InChI=1S/C30H37O6PS/c1-6-34-30(32)27(37(33,35-7-2)36-8-3)28(21(4)5)38-29(23-15-10-9-11-16-23)26(31)25-19-18-22-14-12-13-17-24(22)20-25/h9-21,27-29H,6-8H2,1-5H3. The maximum Gasteiger partial charge on any atom is 0.346 e. The number of hydrogen-bond donors (Lipinski definition) is 0. The van der Waals surface area contributed by atoms with Crippen LogP contribution in [0, 0.1) is 5.92 Å². The molecule has 0 fully saturated rings. The largest absolute Gasteiger partial charge is 0.465 e. The molecule has 38 heavy (non-hydrogen) atoms. The van der Waals surface area contributed by atoms with Crippen molar-refractivity contribution in [3.63, 3.8) is 0 Å². The highest BCUT2D eigenvalue weighted by molar-refractivity contribution is 8.01. The average molecular weight is 557 g/mol. The fourth-order valence-electron chi connectivity index (χ4n) is 4.40. The topological polar surface area (TPSA) is 78.9 Å². The molecule has 0 bridgehead atoms. The van der Waals surface area contributed by atoms with Crippen molar-refractivity contribution in [2.24, 2.45) is 5.92 Å². The van der Waals surface area contributed by atoms with Gasteiger partial charge in [-0.05, 0) is 49.1 Å². The molecule has 3 rings (SSSR count). The van der Waals surface area contributed by atoms with Gasteiger partial charge in [-0.2, -0.15) is 0 Å². The Balaban J connectivity index is 2.10. The monoisotopic (exact) mass is 556 g/mol. The van der Waals surface area contributed by atoms with E-state index in [4.69, 9.17) is 13.8 Å². The van der Waals surface area contributed by atoms with E-state index in [0.717, 1.165) is 16.3 Å². The van der Waals surface area contributed by atoms with E-state index in [-0.39, 0.29) is 31.5 Å². The van der Waals surface area contributed by atoms with Gasteiger partial charge in [0.2, 0.25) is 0 Å². The number of Topliss-reactive ketones (excluding diaryl/α,β-unsaturated/α-hetero) is 1. The highest BCUT2D eigenvalue weighted by Gasteiger charge is 2.50. The van der Waals surface area contributed by atoms with Crippen molar-refractivity contribution in [2.75, 3.05) is 19.8 Å². The first-order chi connectivity index (χ1) is 18.3. The first-order valence-corrected chi connectivity index (χ1v) is 15.6. The molecule has 0 aliphatic rings. The van der Waals surface area contributed by atoms with Gasteiger partial charge in [0.15, 0.2) is 11.4 Å². The van der Waals surface area contributed by atoms with Gasteiger partial charge in [-0.15, -0.1) is 11.8 Å². The number of benzene rings is 3. The molecule has 3 unspecified atom stereocenters. The summed E-state index contributed by atoms with van der Waals surface area (Å²) < 4.78 is 30.7. The van der Waals surface area contributed by atoms with Gasteiger partial charge in [0, 0.05) is 10.8 Å². The first kappa shape index (κ1) is 30.1. The van der Waals surface area contributed by atoms with Crippen LogP contribution in [-0.2, 0) is 23.1 Å². The van der Waals surface area contributed by atoms with Crippen LogP contribution in [-0.4, -0.2) is 42.5 Å². The number of carbonyl (C=O) groups excluding carboxylic acids is 2. The van der Waals surface area contributed by atoms with E-state index in [2.05, 4.69) is 0 Å². The molecule has 0 aliphatic carbocycles. The van der Waals surface area contributed by atoms with Crippen molar-refractivity contribution in [1.82, 2.24) is 0 Å². The lowest BCUT2D eigenvalue weighted by molar-refractivity contribution is -0.143. The van der Waals surface area contributed by atoms with Crippen LogP contribution < -0.4 is 0 Å². The second-order valence-corrected chi connectivity index (χ2v) is 12.6. The molecule has 6 nitrogen and oxygen atoms in total. The molecule has 0 saturated carbocycles. The Morgan fingerprint density at radius 2 is 1.42 bits per heavy atom. The van der Waals surface area contributed by atoms with Crippen molar-refractivity contribution in [2.45, 2.75) is 50.8 Å². The summed E-state index contributed by atoms with van der Waals surface area (Å²) in [7, 11) is -3.91. The number of esters is 1. The number of fused-ring (bicyclic) bond motifs is 1. The zero-order chi connectivity index (χ0) is 27.7. The summed E-state index contributed by atoms with van der Waals surface area (Å²) in [6.07, 6.45) is 0. The average Bonchev–Trinajstić information content (AvgIpc) is 2.91. The van der Waals surface area contributed by atoms with Crippen LogP contribution in [0.3, 0.4) is 0 Å². The van der Waals surface area contributed by atoms with Crippen molar-refractivity contribution in [1.29, 1.82) is 0 Å². The summed E-state index contributed by atoms with van der Waals surface area (Å²) in [5, 5.41) is 0.771. The van der Waals surface area contributed by atoms with Crippen LogP contribution in [0.1, 0.15) is 55.8 Å². The summed E-state index contributed by atoms with van der Waals surface area (Å²) in [5.41, 5.74) is 0.174. The molecule has 0 radical (unpaired) electrons. The SMILES string of the molecule is CCOC(=O)C(C(SC(C(=O)c1ccc2ccccc2c1)c1ccccc1)C(C)C)P(=O)(OCC)OCC. The van der Waals surface area contributed by atoms with Gasteiger partial charge in [-0.3, -0.25) is 14.2 Å². The Hall–Kier alpha value is -2.44. The van der Waals surface area contributed by atoms with E-state index >= 15 is 0 Å². The molecule has 0 spiro atoms. The van der Waals surface area contributed by atoms with Crippen LogP contribution in [0.5, 0.6) is 0 Å². The molecule has 3 aromatic carbocycles. The lowest BCUT2D eigenvalue weighted by Gasteiger charge is -2.34. The Morgan fingerprint density at radius 1 is 0.816 bits per heavy atom. The lowest BCUT2D eigenvalue weighted by Crippen LogP contribution is -2.39. The Morgan fingerprint density at radius 3 is 2.00 bits per heavy atom. The second-order valence-electron chi connectivity index (χ2n) is 9.13. The fraction of sp³-hybridized carbons (Fsp3) is 0.400. The van der Waals surface area contributed by atoms with Crippen LogP contribution in [0.4, 0.5) is 0 Å². The maximum absolute atomic E-state index is 14.1. The van der Waals surface area contributed by atoms with Crippen LogP contribution in [0.2, 0.25) is 0 Å².